The molecule has 1 N–H and O–H groups in total. The van der Waals surface area contributed by atoms with Crippen LogP contribution in [0.4, 0.5) is 0 Å². The molecule has 4 rings (SSSR count). The van der Waals surface area contributed by atoms with E-state index >= 15 is 0 Å². The van der Waals surface area contributed by atoms with Gasteiger partial charge >= 0.3 is 11.5 Å². The maximum absolute atomic E-state index is 9.55. The zero-order chi connectivity index (χ0) is 17.1. The van der Waals surface area contributed by atoms with E-state index in [1.165, 1.54) is 0 Å². The molecule has 0 aliphatic rings. The first-order chi connectivity index (χ1) is 12.3. The van der Waals surface area contributed by atoms with Crippen LogP contribution in [0.25, 0.3) is 33.8 Å². The first-order valence-corrected chi connectivity index (χ1v) is 8.18. The average Bonchev–Trinajstić information content (AvgIpc) is 2.69. The van der Waals surface area contributed by atoms with Gasteiger partial charge < -0.3 is 5.11 Å². The summed E-state index contributed by atoms with van der Waals surface area (Å²) in [5.74, 6) is 1.88. The van der Waals surface area contributed by atoms with E-state index in [0.717, 1.165) is 33.8 Å². The third-order valence-corrected chi connectivity index (χ3v) is 4.11. The van der Waals surface area contributed by atoms with Crippen LogP contribution in [0.1, 0.15) is 0 Å². The fourth-order valence-electron chi connectivity index (χ4n) is 2.81. The molecule has 0 aliphatic carbocycles. The number of phenolic OH excluding ortho intramolecular Hbond substituents is 1. The van der Waals surface area contributed by atoms with Crippen LogP contribution in [-0.2, 0) is 0 Å². The number of benzene rings is 3. The molecule has 0 saturated heterocycles. The summed E-state index contributed by atoms with van der Waals surface area (Å²) in [4.78, 5) is 0. The van der Waals surface area contributed by atoms with Crippen molar-refractivity contribution in [2.24, 2.45) is 0 Å². The van der Waals surface area contributed by atoms with Crippen molar-refractivity contribution in [1.29, 1.82) is 0 Å². The Labute approximate surface area is 146 Å². The number of aromatic hydroxyl groups is 1. The highest BCUT2D eigenvalue weighted by molar-refractivity contribution is 5.74. The molecular formula is C23H17O2+. The summed E-state index contributed by atoms with van der Waals surface area (Å²) in [6.45, 7) is 0. The molecule has 0 bridgehead atoms. The predicted molar refractivity (Wildman–Crippen MR) is 101 cm³/mol. The fraction of sp³-hybridized carbons (Fsp3) is 0. The van der Waals surface area contributed by atoms with E-state index in [-0.39, 0.29) is 5.75 Å². The lowest BCUT2D eigenvalue weighted by Crippen LogP contribution is -1.86. The molecule has 0 saturated carbocycles. The summed E-state index contributed by atoms with van der Waals surface area (Å²) < 4.78 is 6.19. The highest BCUT2D eigenvalue weighted by atomic mass is 16.3. The van der Waals surface area contributed by atoms with E-state index in [9.17, 15) is 5.11 Å². The van der Waals surface area contributed by atoms with Gasteiger partial charge in [-0.15, -0.1) is 0 Å². The first-order valence-electron chi connectivity index (χ1n) is 8.18. The second-order valence-corrected chi connectivity index (χ2v) is 5.85. The molecule has 4 aromatic rings. The molecule has 1 heterocycles. The number of phenols is 1. The van der Waals surface area contributed by atoms with E-state index in [1.807, 2.05) is 84.9 Å². The Morgan fingerprint density at radius 3 is 1.44 bits per heavy atom. The molecule has 0 amide bonds. The summed E-state index contributed by atoms with van der Waals surface area (Å²) in [5.41, 5.74) is 4.13. The molecule has 1 aromatic heterocycles. The number of hydrogen-bond donors (Lipinski definition) is 1. The van der Waals surface area contributed by atoms with Gasteiger partial charge in [0.15, 0.2) is 0 Å². The van der Waals surface area contributed by atoms with Crippen molar-refractivity contribution in [3.8, 4) is 39.5 Å². The lowest BCUT2D eigenvalue weighted by Gasteiger charge is -2.02. The minimum Gasteiger partial charge on any atom is -0.508 e. The minimum atomic E-state index is 0.260. The summed E-state index contributed by atoms with van der Waals surface area (Å²) in [5, 5.41) is 9.55. The smallest absolute Gasteiger partial charge is 0.361 e. The standard InChI is InChI=1S/C23H16O2/c24-21-13-11-17(12-14-21)20-15-22(18-7-3-1-4-8-18)25-23(16-20)19-9-5-2-6-10-19/h1-16H/p+1. The molecule has 2 heteroatoms. The van der Waals surface area contributed by atoms with Gasteiger partial charge in [0.1, 0.15) is 5.75 Å². The highest BCUT2D eigenvalue weighted by Crippen LogP contribution is 2.33. The first kappa shape index (κ1) is 15.2. The maximum Gasteiger partial charge on any atom is 0.361 e. The average molecular weight is 325 g/mol. The predicted octanol–water partition coefficient (Wildman–Crippen LogP) is 6.27. The molecule has 0 radical (unpaired) electrons. The quantitative estimate of drug-likeness (QED) is 0.450. The molecular weight excluding hydrogens is 308 g/mol. The molecule has 0 atom stereocenters. The highest BCUT2D eigenvalue weighted by Gasteiger charge is 2.20. The third-order valence-electron chi connectivity index (χ3n) is 4.11. The zero-order valence-electron chi connectivity index (χ0n) is 13.6. The van der Waals surface area contributed by atoms with Crippen molar-refractivity contribution in [1.82, 2.24) is 0 Å². The lowest BCUT2D eigenvalue weighted by molar-refractivity contribution is 0.475. The van der Waals surface area contributed by atoms with Gasteiger partial charge in [-0.05, 0) is 42.0 Å². The van der Waals surface area contributed by atoms with Crippen molar-refractivity contribution in [3.63, 3.8) is 0 Å². The molecule has 3 aromatic carbocycles. The maximum atomic E-state index is 9.55. The minimum absolute atomic E-state index is 0.260. The van der Waals surface area contributed by atoms with E-state index in [1.54, 1.807) is 12.1 Å². The summed E-state index contributed by atoms with van der Waals surface area (Å²) in [7, 11) is 0. The summed E-state index contributed by atoms with van der Waals surface area (Å²) in [6, 6.07) is 31.4. The van der Waals surface area contributed by atoms with E-state index in [4.69, 9.17) is 4.42 Å². The van der Waals surface area contributed by atoms with Crippen LogP contribution in [0.2, 0.25) is 0 Å². The molecule has 0 spiro atoms. The molecule has 0 unspecified atom stereocenters. The van der Waals surface area contributed by atoms with Crippen LogP contribution in [0.15, 0.2) is 101 Å². The van der Waals surface area contributed by atoms with Gasteiger partial charge in [0.25, 0.3) is 0 Å². The van der Waals surface area contributed by atoms with Crippen LogP contribution >= 0.6 is 0 Å². The van der Waals surface area contributed by atoms with Gasteiger partial charge in [-0.25, -0.2) is 4.42 Å². The van der Waals surface area contributed by atoms with Crippen LogP contribution < -0.4 is 0 Å². The Kier molecular flexibility index (Phi) is 4.01. The van der Waals surface area contributed by atoms with Gasteiger partial charge in [-0.1, -0.05) is 48.5 Å². The third kappa shape index (κ3) is 3.29. The van der Waals surface area contributed by atoms with E-state index < -0.39 is 0 Å². The van der Waals surface area contributed by atoms with Gasteiger partial charge in [0, 0.05) is 5.56 Å². The topological polar surface area (TPSA) is 31.5 Å². The van der Waals surface area contributed by atoms with Gasteiger partial charge in [-0.3, -0.25) is 0 Å². The van der Waals surface area contributed by atoms with E-state index in [0.29, 0.717) is 0 Å². The normalized spacial score (nSPS) is 10.6. The van der Waals surface area contributed by atoms with Crippen LogP contribution in [0.3, 0.4) is 0 Å². The Balaban J connectivity index is 1.90. The van der Waals surface area contributed by atoms with Gasteiger partial charge in [-0.2, -0.15) is 0 Å². The molecule has 0 fully saturated rings. The molecule has 25 heavy (non-hydrogen) atoms. The van der Waals surface area contributed by atoms with Crippen LogP contribution in [-0.4, -0.2) is 5.11 Å². The summed E-state index contributed by atoms with van der Waals surface area (Å²) >= 11 is 0. The number of hydrogen-bond acceptors (Lipinski definition) is 1. The monoisotopic (exact) mass is 325 g/mol. The van der Waals surface area contributed by atoms with Gasteiger partial charge in [0.05, 0.1) is 23.3 Å². The Hall–Kier alpha value is -3.39. The Morgan fingerprint density at radius 1 is 0.480 bits per heavy atom. The van der Waals surface area contributed by atoms with Crippen molar-refractivity contribution in [2.75, 3.05) is 0 Å². The van der Waals surface area contributed by atoms with Crippen molar-refractivity contribution < 1.29 is 9.52 Å². The molecule has 0 aliphatic heterocycles. The zero-order valence-corrected chi connectivity index (χ0v) is 13.6. The SMILES string of the molecule is Oc1ccc(-c2cc(-c3ccccc3)[o+]c(-c3ccccc3)c2)cc1. The second-order valence-electron chi connectivity index (χ2n) is 5.85. The van der Waals surface area contributed by atoms with Crippen LogP contribution in [0, 0.1) is 0 Å². The van der Waals surface area contributed by atoms with Crippen molar-refractivity contribution in [2.45, 2.75) is 0 Å². The summed E-state index contributed by atoms with van der Waals surface area (Å²) in [6.07, 6.45) is 0. The van der Waals surface area contributed by atoms with E-state index in [2.05, 4.69) is 0 Å². The van der Waals surface area contributed by atoms with Crippen molar-refractivity contribution >= 4 is 0 Å². The fourth-order valence-corrected chi connectivity index (χ4v) is 2.81. The number of rotatable bonds is 3. The van der Waals surface area contributed by atoms with Crippen LogP contribution in [0.5, 0.6) is 5.75 Å². The van der Waals surface area contributed by atoms with Crippen molar-refractivity contribution in [3.05, 3.63) is 97.1 Å². The molecule has 120 valence electrons. The second kappa shape index (κ2) is 6.62. The molecule has 2 nitrogen and oxygen atoms in total. The Morgan fingerprint density at radius 2 is 0.960 bits per heavy atom. The Bertz CT molecular complexity index is 918. The van der Waals surface area contributed by atoms with Gasteiger partial charge in [0.2, 0.25) is 0 Å². The lowest BCUT2D eigenvalue weighted by atomic mass is 10.0. The largest absolute Gasteiger partial charge is 0.508 e.